The second-order valence-corrected chi connectivity index (χ2v) is 11.0. The van der Waals surface area contributed by atoms with Crippen molar-refractivity contribution < 1.29 is 24.6 Å². The van der Waals surface area contributed by atoms with Crippen LogP contribution in [0.1, 0.15) is 25.3 Å². The normalized spacial score (nSPS) is 25.9. The highest BCUT2D eigenvalue weighted by molar-refractivity contribution is 8.05. The smallest absolute Gasteiger partial charge is 0.327 e. The number of anilines is 1. The first-order chi connectivity index (χ1) is 16.3. The number of carboxylic acids is 1. The van der Waals surface area contributed by atoms with E-state index in [1.54, 1.807) is 18.4 Å². The van der Waals surface area contributed by atoms with E-state index in [4.69, 9.17) is 4.99 Å². The van der Waals surface area contributed by atoms with Crippen LogP contribution >= 0.6 is 23.5 Å². The zero-order chi connectivity index (χ0) is 23.8. The highest BCUT2D eigenvalue weighted by atomic mass is 32.2. The Morgan fingerprint density at radius 2 is 2.24 bits per heavy atom. The summed E-state index contributed by atoms with van der Waals surface area (Å²) in [5.41, 5.74) is 2.54. The van der Waals surface area contributed by atoms with Crippen molar-refractivity contribution in [2.75, 3.05) is 17.6 Å². The van der Waals surface area contributed by atoms with Crippen LogP contribution in [0.5, 0.6) is 5.75 Å². The van der Waals surface area contributed by atoms with Gasteiger partial charge in [0.05, 0.1) is 11.1 Å². The second kappa shape index (κ2) is 7.47. The third-order valence-electron chi connectivity index (χ3n) is 6.70. The molecule has 1 amide bonds. The molecule has 0 saturated carbocycles. The van der Waals surface area contributed by atoms with Gasteiger partial charge in [-0.3, -0.25) is 19.6 Å². The Bertz CT molecular complexity index is 1430. The Morgan fingerprint density at radius 3 is 3.00 bits per heavy atom. The molecule has 4 N–H and O–H groups in total. The number of thioether (sulfide) groups is 2. The van der Waals surface area contributed by atoms with Crippen LogP contribution in [-0.2, 0) is 19.8 Å². The van der Waals surface area contributed by atoms with Crippen molar-refractivity contribution in [3.8, 4) is 5.75 Å². The number of benzene rings is 1. The van der Waals surface area contributed by atoms with Crippen molar-refractivity contribution in [2.45, 2.75) is 36.6 Å². The standard InChI is InChI=1S/C23H20N4O5S2/c1-9(28)26-12(22(31)32)8-33-13-4-11(29)5-14-23(13)6-15(34-14)27-20-17(23)18-16-10(2-3-24-18)7-25-19(16)21(20)30/h4-5,7,12,15,24,30H,2-3,6,8H2,1H3,(H,26,28)(H,31,32)/t12-,15+,23-/m0/s1. The average molecular weight is 497 g/mol. The van der Waals surface area contributed by atoms with Crippen LogP contribution in [0.2, 0.25) is 0 Å². The Labute approximate surface area is 202 Å². The number of hydrogen-bond donors (Lipinski definition) is 4. The summed E-state index contributed by atoms with van der Waals surface area (Å²) in [6.07, 6.45) is 6.37. The number of nitrogens with zero attached hydrogens (tertiary/aromatic N) is 2. The highest BCUT2D eigenvalue weighted by Gasteiger charge is 2.55. The number of phenols is 1. The predicted octanol–water partition coefficient (Wildman–Crippen LogP) is 1.08. The van der Waals surface area contributed by atoms with Crippen molar-refractivity contribution in [1.82, 2.24) is 5.32 Å². The van der Waals surface area contributed by atoms with Crippen LogP contribution in [-0.4, -0.2) is 57.8 Å². The zero-order valence-electron chi connectivity index (χ0n) is 18.0. The van der Waals surface area contributed by atoms with Gasteiger partial charge in [-0.2, -0.15) is 0 Å². The predicted molar refractivity (Wildman–Crippen MR) is 130 cm³/mol. The maximum absolute atomic E-state index is 12.7. The molecular formula is C23H20N4O5S2. The third kappa shape index (κ3) is 2.92. The van der Waals surface area contributed by atoms with Gasteiger partial charge in [-0.05, 0) is 30.6 Å². The van der Waals surface area contributed by atoms with E-state index in [1.165, 1.54) is 30.4 Å². The molecule has 1 aromatic carbocycles. The molecule has 4 aliphatic heterocycles. The van der Waals surface area contributed by atoms with E-state index in [9.17, 15) is 24.6 Å². The van der Waals surface area contributed by atoms with Crippen LogP contribution < -0.4 is 21.2 Å². The molecule has 6 rings (SSSR count). The summed E-state index contributed by atoms with van der Waals surface area (Å²) in [7, 11) is 0. The number of carboxylic acid groups (broad SMARTS) is 1. The van der Waals surface area contributed by atoms with Crippen LogP contribution in [0.15, 0.2) is 31.9 Å². The summed E-state index contributed by atoms with van der Waals surface area (Å²) >= 11 is 2.76. The molecule has 0 unspecified atom stereocenters. The number of allylic oxidation sites excluding steroid dienone is 4. The summed E-state index contributed by atoms with van der Waals surface area (Å²) in [5.74, 6) is -1.64. The molecule has 0 aromatic heterocycles. The van der Waals surface area contributed by atoms with Crippen LogP contribution in [0.3, 0.4) is 0 Å². The lowest BCUT2D eigenvalue weighted by Gasteiger charge is -2.39. The lowest BCUT2D eigenvalue weighted by molar-refractivity contribution is -0.140. The molecule has 1 saturated heterocycles. The first kappa shape index (κ1) is 21.5. The molecule has 2 bridgehead atoms. The van der Waals surface area contributed by atoms with Gasteiger partial charge >= 0.3 is 5.97 Å². The first-order valence-corrected chi connectivity index (χ1v) is 12.7. The molecule has 1 aliphatic carbocycles. The van der Waals surface area contributed by atoms with E-state index < -0.39 is 23.3 Å². The topological polar surface area (TPSA) is 140 Å². The van der Waals surface area contributed by atoms with Gasteiger partial charge in [-0.25, -0.2) is 4.79 Å². The number of hydrogen-bond acceptors (Lipinski definition) is 9. The molecule has 11 heteroatoms. The minimum atomic E-state index is -1.14. The molecule has 1 aromatic rings. The van der Waals surface area contributed by atoms with Gasteiger partial charge in [0.1, 0.15) is 22.5 Å². The van der Waals surface area contributed by atoms with Crippen LogP contribution in [0.4, 0.5) is 11.4 Å². The Morgan fingerprint density at radius 1 is 1.41 bits per heavy atom. The van der Waals surface area contributed by atoms with Gasteiger partial charge in [0.15, 0.2) is 11.5 Å². The number of carbonyl (C=O) groups excluding carboxylic acids is 2. The fourth-order valence-electron chi connectivity index (χ4n) is 5.36. The first-order valence-electron chi connectivity index (χ1n) is 10.9. The van der Waals surface area contributed by atoms with Crippen molar-refractivity contribution in [3.63, 3.8) is 0 Å². The number of amides is 1. The number of nitrogens with one attached hydrogen (secondary N) is 2. The molecule has 5 aliphatic rings. The highest BCUT2D eigenvalue weighted by Crippen LogP contribution is 2.62. The molecule has 3 atom stereocenters. The third-order valence-corrected chi connectivity index (χ3v) is 9.24. The van der Waals surface area contributed by atoms with E-state index in [0.29, 0.717) is 28.9 Å². The molecule has 1 fully saturated rings. The molecular weight excluding hydrogens is 476 g/mol. The molecule has 0 radical (unpaired) electrons. The maximum Gasteiger partial charge on any atom is 0.327 e. The van der Waals surface area contributed by atoms with Gasteiger partial charge in [0.2, 0.25) is 5.91 Å². The molecule has 174 valence electrons. The fraction of sp³-hybridized carbons (Fsp3) is 0.348. The number of aliphatic imine (C=N–C) groups is 1. The van der Waals surface area contributed by atoms with Gasteiger partial charge in [0.25, 0.3) is 0 Å². The Kier molecular flexibility index (Phi) is 4.72. The van der Waals surface area contributed by atoms with E-state index in [2.05, 4.69) is 15.6 Å². The monoisotopic (exact) mass is 496 g/mol. The van der Waals surface area contributed by atoms with E-state index >= 15 is 0 Å². The van der Waals surface area contributed by atoms with E-state index in [1.807, 2.05) is 0 Å². The van der Waals surface area contributed by atoms with E-state index in [-0.39, 0.29) is 22.7 Å². The molecule has 34 heavy (non-hydrogen) atoms. The second-order valence-electron chi connectivity index (χ2n) is 8.76. The van der Waals surface area contributed by atoms with Gasteiger partial charge in [0, 0.05) is 46.0 Å². The van der Waals surface area contributed by atoms with Gasteiger partial charge in [-0.15, -0.1) is 23.5 Å². The SMILES string of the molecule is CC(=O)N[C@@H](CSC1=CC(=O)C=C2S[C@@H]3C[C@]12c1c2c4c(c(O)c1=N3)N=CC=4CCN2)C(=O)O. The number of ketones is 1. The van der Waals surface area contributed by atoms with E-state index in [0.717, 1.165) is 33.4 Å². The molecule has 1 spiro atoms. The fourth-order valence-corrected chi connectivity index (χ4v) is 8.21. The van der Waals surface area contributed by atoms with Crippen LogP contribution in [0.25, 0.3) is 5.57 Å². The van der Waals surface area contributed by atoms with Crippen molar-refractivity contribution in [2.24, 2.45) is 9.98 Å². The largest absolute Gasteiger partial charge is 0.504 e. The summed E-state index contributed by atoms with van der Waals surface area (Å²) in [5, 5.41) is 27.9. The Hall–Kier alpha value is -3.05. The Balaban J connectivity index is 1.54. The average Bonchev–Trinajstić information content (AvgIpc) is 3.34. The maximum atomic E-state index is 12.7. The number of aromatic hydroxyl groups is 1. The lowest BCUT2D eigenvalue weighted by atomic mass is 9.71. The van der Waals surface area contributed by atoms with Gasteiger partial charge in [-0.1, -0.05) is 0 Å². The molecule has 9 nitrogen and oxygen atoms in total. The summed E-state index contributed by atoms with van der Waals surface area (Å²) in [6, 6.07) is -1.10. The van der Waals surface area contributed by atoms with Crippen LogP contribution in [0, 0.1) is 0 Å². The number of aliphatic carboxylic acids is 1. The minimum Gasteiger partial charge on any atom is -0.504 e. The lowest BCUT2D eigenvalue weighted by Crippen LogP contribution is -2.44. The van der Waals surface area contributed by atoms with Crippen molar-refractivity contribution >= 4 is 64.3 Å². The van der Waals surface area contributed by atoms with Gasteiger partial charge < -0.3 is 20.8 Å². The quantitative estimate of drug-likeness (QED) is 0.444. The summed E-state index contributed by atoms with van der Waals surface area (Å²) in [4.78, 5) is 46.7. The number of phenolic OH excluding ortho intramolecular Hbond substituents is 1. The van der Waals surface area contributed by atoms with Crippen molar-refractivity contribution in [3.05, 3.63) is 38.1 Å². The van der Waals surface area contributed by atoms with Crippen molar-refractivity contribution in [1.29, 1.82) is 0 Å². The zero-order valence-corrected chi connectivity index (χ0v) is 19.7. The number of carbonyl (C=O) groups is 3. The minimum absolute atomic E-state index is 0.0394. The summed E-state index contributed by atoms with van der Waals surface area (Å²) in [6.45, 7) is 1.99. The summed E-state index contributed by atoms with van der Waals surface area (Å²) < 4.78 is 0. The molecule has 4 heterocycles. The number of rotatable bonds is 5. The number of fused-ring (bicyclic) bond motifs is 3.